The molecule has 1 aliphatic rings. The average molecular weight is 348 g/mol. The van der Waals surface area contributed by atoms with Crippen molar-refractivity contribution in [2.75, 3.05) is 11.9 Å². The van der Waals surface area contributed by atoms with Gasteiger partial charge in [0.2, 0.25) is 15.9 Å². The first-order valence-electron chi connectivity index (χ1n) is 7.56. The third-order valence-electron chi connectivity index (χ3n) is 3.94. The molecule has 24 heavy (non-hydrogen) atoms. The van der Waals surface area contributed by atoms with Crippen LogP contribution in [0.2, 0.25) is 0 Å². The minimum absolute atomic E-state index is 0.117. The predicted molar refractivity (Wildman–Crippen MR) is 89.5 cm³/mol. The molecule has 1 amide bonds. The first-order chi connectivity index (χ1) is 11.4. The van der Waals surface area contributed by atoms with Crippen molar-refractivity contribution < 1.29 is 17.6 Å². The first-order valence-corrected chi connectivity index (χ1v) is 9.21. The smallest absolute Gasteiger partial charge is 0.232 e. The van der Waals surface area contributed by atoms with Gasteiger partial charge < -0.3 is 5.32 Å². The van der Waals surface area contributed by atoms with Crippen molar-refractivity contribution in [3.63, 3.8) is 0 Å². The third-order valence-corrected chi connectivity index (χ3v) is 5.29. The lowest BCUT2D eigenvalue weighted by Gasteiger charge is -2.10. The van der Waals surface area contributed by atoms with Gasteiger partial charge in [0, 0.05) is 12.2 Å². The highest BCUT2D eigenvalue weighted by molar-refractivity contribution is 7.88. The Kier molecular flexibility index (Phi) is 4.64. The van der Waals surface area contributed by atoms with Crippen molar-refractivity contribution in [1.29, 1.82) is 0 Å². The van der Waals surface area contributed by atoms with E-state index in [9.17, 15) is 17.6 Å². The van der Waals surface area contributed by atoms with Crippen LogP contribution < -0.4 is 10.0 Å². The number of carbonyl (C=O) groups excluding carboxylic acids is 1. The SMILES string of the molecule is O=C1Nc2ccccc2C1CCNS(=O)(=O)Cc1ccc(F)cc1. The van der Waals surface area contributed by atoms with Gasteiger partial charge in [0.05, 0.1) is 11.7 Å². The predicted octanol–water partition coefficient (Wildman–Crippen LogP) is 2.37. The Morgan fingerprint density at radius 3 is 2.54 bits per heavy atom. The number of fused-ring (bicyclic) bond motifs is 1. The summed E-state index contributed by atoms with van der Waals surface area (Å²) in [6.45, 7) is 0.163. The van der Waals surface area contributed by atoms with Crippen LogP contribution in [-0.2, 0) is 20.6 Å². The zero-order chi connectivity index (χ0) is 17.2. The Hall–Kier alpha value is -2.25. The fraction of sp³-hybridized carbons (Fsp3) is 0.235. The molecule has 1 atom stereocenters. The molecule has 5 nitrogen and oxygen atoms in total. The number of hydrogen-bond donors (Lipinski definition) is 2. The maximum Gasteiger partial charge on any atom is 0.232 e. The second kappa shape index (κ2) is 6.70. The minimum Gasteiger partial charge on any atom is -0.325 e. The van der Waals surface area contributed by atoms with E-state index in [2.05, 4.69) is 10.0 Å². The van der Waals surface area contributed by atoms with E-state index in [-0.39, 0.29) is 24.1 Å². The first kappa shape index (κ1) is 16.6. The van der Waals surface area contributed by atoms with E-state index >= 15 is 0 Å². The molecule has 126 valence electrons. The molecule has 0 aromatic heterocycles. The molecule has 3 rings (SSSR count). The van der Waals surface area contributed by atoms with Gasteiger partial charge in [0.15, 0.2) is 0 Å². The molecular formula is C17H17FN2O3S. The molecule has 2 aromatic carbocycles. The lowest BCUT2D eigenvalue weighted by molar-refractivity contribution is -0.117. The lowest BCUT2D eigenvalue weighted by atomic mass is 9.97. The second-order valence-electron chi connectivity index (χ2n) is 5.70. The molecule has 2 aromatic rings. The molecule has 1 unspecified atom stereocenters. The van der Waals surface area contributed by atoms with Crippen LogP contribution in [0.25, 0.3) is 0 Å². The Bertz CT molecular complexity index is 850. The van der Waals surface area contributed by atoms with Gasteiger partial charge in [-0.2, -0.15) is 0 Å². The van der Waals surface area contributed by atoms with Crippen LogP contribution in [0.5, 0.6) is 0 Å². The van der Waals surface area contributed by atoms with E-state index in [0.717, 1.165) is 11.3 Å². The zero-order valence-electron chi connectivity index (χ0n) is 12.8. The van der Waals surface area contributed by atoms with Gasteiger partial charge in [-0.3, -0.25) is 4.79 Å². The van der Waals surface area contributed by atoms with Gasteiger partial charge in [-0.25, -0.2) is 17.5 Å². The summed E-state index contributed by atoms with van der Waals surface area (Å²) in [4.78, 5) is 12.0. The highest BCUT2D eigenvalue weighted by Gasteiger charge is 2.29. The maximum atomic E-state index is 12.8. The molecular weight excluding hydrogens is 331 g/mol. The zero-order valence-corrected chi connectivity index (χ0v) is 13.6. The molecule has 0 fully saturated rings. The van der Waals surface area contributed by atoms with Crippen LogP contribution in [0.3, 0.4) is 0 Å². The van der Waals surface area contributed by atoms with Crippen LogP contribution in [-0.4, -0.2) is 20.9 Å². The Balaban J connectivity index is 1.58. The lowest BCUT2D eigenvalue weighted by Crippen LogP contribution is -2.28. The average Bonchev–Trinajstić information content (AvgIpc) is 2.85. The monoisotopic (exact) mass is 348 g/mol. The Morgan fingerprint density at radius 1 is 1.08 bits per heavy atom. The maximum absolute atomic E-state index is 12.8. The number of amides is 1. The van der Waals surface area contributed by atoms with Crippen LogP contribution in [0, 0.1) is 5.82 Å². The molecule has 7 heteroatoms. The van der Waals surface area contributed by atoms with Gasteiger partial charge in [-0.05, 0) is 35.7 Å². The van der Waals surface area contributed by atoms with E-state index in [1.54, 1.807) is 0 Å². The van der Waals surface area contributed by atoms with Crippen molar-refractivity contribution in [1.82, 2.24) is 4.72 Å². The van der Waals surface area contributed by atoms with Gasteiger partial charge in [-0.15, -0.1) is 0 Å². The number of nitrogens with one attached hydrogen (secondary N) is 2. The summed E-state index contributed by atoms with van der Waals surface area (Å²) in [7, 11) is -3.54. The molecule has 0 bridgehead atoms. The second-order valence-corrected chi connectivity index (χ2v) is 7.50. The minimum atomic E-state index is -3.54. The van der Waals surface area contributed by atoms with Crippen LogP contribution in [0.4, 0.5) is 10.1 Å². The molecule has 2 N–H and O–H groups in total. The van der Waals surface area contributed by atoms with Gasteiger partial charge in [0.25, 0.3) is 0 Å². The molecule has 0 spiro atoms. The highest BCUT2D eigenvalue weighted by Crippen LogP contribution is 2.33. The number of halogens is 1. The summed E-state index contributed by atoms with van der Waals surface area (Å²) in [6.07, 6.45) is 0.380. The molecule has 0 radical (unpaired) electrons. The number of para-hydroxylation sites is 1. The van der Waals surface area contributed by atoms with Crippen molar-refractivity contribution in [3.05, 3.63) is 65.5 Å². The molecule has 0 saturated carbocycles. The molecule has 1 aliphatic heterocycles. The quantitative estimate of drug-likeness (QED) is 0.842. The third kappa shape index (κ3) is 3.80. The van der Waals surface area contributed by atoms with Crippen LogP contribution in [0.15, 0.2) is 48.5 Å². The molecule has 0 aliphatic carbocycles. The van der Waals surface area contributed by atoms with Crippen molar-refractivity contribution in [2.45, 2.75) is 18.1 Å². The normalized spacial score (nSPS) is 16.7. The number of anilines is 1. The standard InChI is InChI=1S/C17H17FN2O3S/c18-13-7-5-12(6-8-13)11-24(22,23)19-10-9-15-14-3-1-2-4-16(14)20-17(15)21/h1-8,15,19H,9-11H2,(H,20,21). The molecule has 1 heterocycles. The van der Waals surface area contributed by atoms with E-state index in [1.807, 2.05) is 24.3 Å². The summed E-state index contributed by atoms with van der Waals surface area (Å²) in [5.41, 5.74) is 2.18. The van der Waals surface area contributed by atoms with E-state index in [1.165, 1.54) is 24.3 Å². The number of hydrogen-bond acceptors (Lipinski definition) is 3. The number of benzene rings is 2. The highest BCUT2D eigenvalue weighted by atomic mass is 32.2. The number of rotatable bonds is 6. The summed E-state index contributed by atoms with van der Waals surface area (Å²) in [5, 5.41) is 2.79. The Labute approximate surface area is 139 Å². The van der Waals surface area contributed by atoms with E-state index < -0.39 is 15.8 Å². The summed E-state index contributed by atoms with van der Waals surface area (Å²) in [5.74, 6) is -1.10. The fourth-order valence-electron chi connectivity index (χ4n) is 2.77. The fourth-order valence-corrected chi connectivity index (χ4v) is 3.93. The largest absolute Gasteiger partial charge is 0.325 e. The summed E-state index contributed by atoms with van der Waals surface area (Å²) >= 11 is 0. The van der Waals surface area contributed by atoms with Crippen molar-refractivity contribution in [2.24, 2.45) is 0 Å². The summed E-state index contributed by atoms with van der Waals surface area (Å²) < 4.78 is 39.5. The topological polar surface area (TPSA) is 75.3 Å². The van der Waals surface area contributed by atoms with Crippen LogP contribution >= 0.6 is 0 Å². The molecule has 0 saturated heterocycles. The van der Waals surface area contributed by atoms with Gasteiger partial charge in [-0.1, -0.05) is 30.3 Å². The van der Waals surface area contributed by atoms with E-state index in [0.29, 0.717) is 12.0 Å². The van der Waals surface area contributed by atoms with Crippen molar-refractivity contribution >= 4 is 21.6 Å². The Morgan fingerprint density at radius 2 is 1.79 bits per heavy atom. The van der Waals surface area contributed by atoms with Gasteiger partial charge in [0.1, 0.15) is 5.82 Å². The van der Waals surface area contributed by atoms with Crippen molar-refractivity contribution in [3.8, 4) is 0 Å². The van der Waals surface area contributed by atoms with Gasteiger partial charge >= 0.3 is 0 Å². The van der Waals surface area contributed by atoms with Crippen LogP contribution in [0.1, 0.15) is 23.5 Å². The number of carbonyl (C=O) groups is 1. The number of sulfonamides is 1. The summed E-state index contributed by atoms with van der Waals surface area (Å²) in [6, 6.07) is 12.7. The van der Waals surface area contributed by atoms with E-state index in [4.69, 9.17) is 0 Å².